The molecule has 0 N–H and O–H groups in total. The smallest absolute Gasteiger partial charge is 0.240 e. The first-order valence-corrected chi connectivity index (χ1v) is 9.49. The monoisotopic (exact) mass is 338 g/mol. The molecule has 0 aromatic heterocycles. The molecule has 1 amide bonds. The Hall–Kier alpha value is -1.89. The summed E-state index contributed by atoms with van der Waals surface area (Å²) < 4.78 is 23.0. The summed E-state index contributed by atoms with van der Waals surface area (Å²) in [6.45, 7) is 5.23. The van der Waals surface area contributed by atoms with Crippen LogP contribution in [0.3, 0.4) is 0 Å². The first kappa shape index (κ1) is 17.5. The number of carbonyl (C=O) groups is 2. The van der Waals surface area contributed by atoms with E-state index in [4.69, 9.17) is 0 Å². The average Bonchev–Trinajstić information content (AvgIpc) is 2.53. The molecule has 2 rings (SSSR count). The highest BCUT2D eigenvalue weighted by Crippen LogP contribution is 2.18. The molecule has 1 heterocycles. The van der Waals surface area contributed by atoms with Crippen LogP contribution in [-0.4, -0.2) is 62.7 Å². The molecule has 0 unspecified atom stereocenters. The highest BCUT2D eigenvalue weighted by atomic mass is 32.2. The molecular formula is C16H22N2O4S. The van der Waals surface area contributed by atoms with E-state index in [2.05, 4.69) is 4.90 Å². The van der Waals surface area contributed by atoms with Gasteiger partial charge in [0.1, 0.15) is 5.25 Å². The number of sulfone groups is 1. The van der Waals surface area contributed by atoms with E-state index < -0.39 is 15.1 Å². The lowest BCUT2D eigenvalue weighted by Crippen LogP contribution is -2.52. The number of amides is 1. The van der Waals surface area contributed by atoms with Crippen molar-refractivity contribution in [2.24, 2.45) is 0 Å². The molecular weight excluding hydrogens is 316 g/mol. The van der Waals surface area contributed by atoms with Crippen LogP contribution in [0.25, 0.3) is 0 Å². The van der Waals surface area contributed by atoms with Crippen LogP contribution in [0, 0.1) is 0 Å². The second kappa shape index (κ2) is 6.70. The van der Waals surface area contributed by atoms with Crippen molar-refractivity contribution in [2.75, 3.05) is 37.3 Å². The third kappa shape index (κ3) is 4.10. The lowest BCUT2D eigenvalue weighted by Gasteiger charge is -2.37. The van der Waals surface area contributed by atoms with Crippen molar-refractivity contribution in [1.82, 2.24) is 4.90 Å². The number of Topliss-reactive ketones (excluding diaryl/α,β-unsaturated/α-hetero) is 1. The highest BCUT2D eigenvalue weighted by molar-refractivity contribution is 7.92. The molecule has 6 nitrogen and oxygen atoms in total. The van der Waals surface area contributed by atoms with Gasteiger partial charge in [0.05, 0.1) is 0 Å². The summed E-state index contributed by atoms with van der Waals surface area (Å²) in [7, 11) is -3.37. The first-order valence-electron chi connectivity index (χ1n) is 7.54. The molecule has 0 saturated carbocycles. The van der Waals surface area contributed by atoms with E-state index in [1.165, 1.54) is 13.8 Å². The molecule has 1 atom stereocenters. The number of carbonyl (C=O) groups excluding carboxylic acids is 2. The number of ketones is 1. The Morgan fingerprint density at radius 2 is 1.57 bits per heavy atom. The van der Waals surface area contributed by atoms with Gasteiger partial charge in [-0.15, -0.1) is 0 Å². The summed E-state index contributed by atoms with van der Waals surface area (Å²) in [6, 6.07) is 7.38. The third-order valence-corrected chi connectivity index (χ3v) is 5.71. The number of benzene rings is 1. The van der Waals surface area contributed by atoms with E-state index in [1.54, 1.807) is 17.0 Å². The molecule has 1 aliphatic heterocycles. The molecule has 126 valence electrons. The van der Waals surface area contributed by atoms with Gasteiger partial charge in [-0.1, -0.05) is 0 Å². The maximum atomic E-state index is 12.2. The number of anilines is 1. The zero-order valence-electron chi connectivity index (χ0n) is 13.7. The summed E-state index contributed by atoms with van der Waals surface area (Å²) >= 11 is 0. The number of nitrogens with zero attached hydrogens (tertiary/aromatic N) is 2. The van der Waals surface area contributed by atoms with Gasteiger partial charge in [-0.3, -0.25) is 9.59 Å². The molecule has 1 saturated heterocycles. The van der Waals surface area contributed by atoms with Crippen LogP contribution in [0.5, 0.6) is 0 Å². The topological polar surface area (TPSA) is 74.8 Å². The Morgan fingerprint density at radius 1 is 1.04 bits per heavy atom. The molecule has 1 aromatic rings. The second-order valence-electron chi connectivity index (χ2n) is 5.89. The Bertz CT molecular complexity index is 689. The number of piperazine rings is 1. The fourth-order valence-corrected chi connectivity index (χ4v) is 3.05. The van der Waals surface area contributed by atoms with Crippen molar-refractivity contribution in [3.8, 4) is 0 Å². The van der Waals surface area contributed by atoms with Crippen LogP contribution in [0.2, 0.25) is 0 Å². The number of hydrogen-bond acceptors (Lipinski definition) is 5. The predicted molar refractivity (Wildman–Crippen MR) is 89.5 cm³/mol. The zero-order chi connectivity index (χ0) is 17.2. The fourth-order valence-electron chi connectivity index (χ4n) is 2.53. The quantitative estimate of drug-likeness (QED) is 0.765. The molecule has 0 aliphatic carbocycles. The van der Waals surface area contributed by atoms with Crippen LogP contribution in [0.15, 0.2) is 24.3 Å². The summed E-state index contributed by atoms with van der Waals surface area (Å²) in [5.74, 6) is -0.305. The first-order chi connectivity index (χ1) is 10.7. The van der Waals surface area contributed by atoms with Crippen molar-refractivity contribution >= 4 is 27.2 Å². The zero-order valence-corrected chi connectivity index (χ0v) is 14.5. The van der Waals surface area contributed by atoms with Gasteiger partial charge in [-0.25, -0.2) is 8.42 Å². The molecule has 7 heteroatoms. The summed E-state index contributed by atoms with van der Waals surface area (Å²) in [6.07, 6.45) is 1.09. The maximum absolute atomic E-state index is 12.2. The van der Waals surface area contributed by atoms with Gasteiger partial charge in [-0.2, -0.15) is 0 Å². The highest BCUT2D eigenvalue weighted by Gasteiger charge is 2.30. The lowest BCUT2D eigenvalue weighted by molar-refractivity contribution is -0.130. The van der Waals surface area contributed by atoms with Crippen molar-refractivity contribution in [3.63, 3.8) is 0 Å². The van der Waals surface area contributed by atoms with Crippen molar-refractivity contribution in [2.45, 2.75) is 19.1 Å². The summed E-state index contributed by atoms with van der Waals surface area (Å²) in [5.41, 5.74) is 1.67. The van der Waals surface area contributed by atoms with E-state index in [1.807, 2.05) is 12.1 Å². The van der Waals surface area contributed by atoms with Gasteiger partial charge in [-0.05, 0) is 38.1 Å². The Balaban J connectivity index is 1.98. The average molecular weight is 338 g/mol. The van der Waals surface area contributed by atoms with Crippen molar-refractivity contribution < 1.29 is 18.0 Å². The standard InChI is InChI=1S/C16H22N2O4S/c1-12(19)14-4-6-15(7-5-14)17-8-10-18(11-9-17)16(20)13(2)23(3,21)22/h4-7,13H,8-11H2,1-3H3/t13-/m0/s1. The largest absolute Gasteiger partial charge is 0.368 e. The molecule has 1 aromatic carbocycles. The molecule has 1 fully saturated rings. The predicted octanol–water partition coefficient (Wildman–Crippen LogP) is 0.971. The Morgan fingerprint density at radius 3 is 2.00 bits per heavy atom. The second-order valence-corrected chi connectivity index (χ2v) is 8.25. The van der Waals surface area contributed by atoms with E-state index in [0.717, 1.165) is 11.9 Å². The normalized spacial score (nSPS) is 17.0. The van der Waals surface area contributed by atoms with Gasteiger partial charge in [0.25, 0.3) is 0 Å². The van der Waals surface area contributed by atoms with E-state index in [0.29, 0.717) is 31.7 Å². The van der Waals surface area contributed by atoms with Gasteiger partial charge in [0, 0.05) is 43.7 Å². The Kier molecular flexibility index (Phi) is 5.09. The van der Waals surface area contributed by atoms with Gasteiger partial charge in [0.2, 0.25) is 5.91 Å². The van der Waals surface area contributed by atoms with Gasteiger partial charge in [0.15, 0.2) is 15.6 Å². The summed E-state index contributed by atoms with van der Waals surface area (Å²) in [5, 5.41) is -0.996. The minimum absolute atomic E-state index is 0.0294. The fraction of sp³-hybridized carbons (Fsp3) is 0.500. The van der Waals surface area contributed by atoms with Crippen LogP contribution in [-0.2, 0) is 14.6 Å². The molecule has 0 bridgehead atoms. The minimum atomic E-state index is -3.37. The van der Waals surface area contributed by atoms with Crippen LogP contribution >= 0.6 is 0 Å². The van der Waals surface area contributed by atoms with Crippen LogP contribution < -0.4 is 4.90 Å². The number of rotatable bonds is 4. The lowest BCUT2D eigenvalue weighted by atomic mass is 10.1. The van der Waals surface area contributed by atoms with Gasteiger partial charge >= 0.3 is 0 Å². The third-order valence-electron chi connectivity index (χ3n) is 4.22. The Labute approximate surface area is 137 Å². The maximum Gasteiger partial charge on any atom is 0.240 e. The molecule has 1 aliphatic rings. The van der Waals surface area contributed by atoms with E-state index >= 15 is 0 Å². The van der Waals surface area contributed by atoms with Crippen LogP contribution in [0.4, 0.5) is 5.69 Å². The van der Waals surface area contributed by atoms with Crippen molar-refractivity contribution in [1.29, 1.82) is 0 Å². The van der Waals surface area contributed by atoms with Crippen molar-refractivity contribution in [3.05, 3.63) is 29.8 Å². The molecule has 23 heavy (non-hydrogen) atoms. The van der Waals surface area contributed by atoms with E-state index in [9.17, 15) is 18.0 Å². The van der Waals surface area contributed by atoms with Gasteiger partial charge < -0.3 is 9.80 Å². The minimum Gasteiger partial charge on any atom is -0.368 e. The molecule has 0 spiro atoms. The summed E-state index contributed by atoms with van der Waals surface area (Å²) in [4.78, 5) is 27.2. The van der Waals surface area contributed by atoms with Crippen LogP contribution in [0.1, 0.15) is 24.2 Å². The SMILES string of the molecule is CC(=O)c1ccc(N2CCN(C(=O)[C@H](C)S(C)(=O)=O)CC2)cc1. The number of hydrogen-bond donors (Lipinski definition) is 0. The molecule has 0 radical (unpaired) electrons. The van der Waals surface area contributed by atoms with E-state index in [-0.39, 0.29) is 11.7 Å².